The third kappa shape index (κ3) is 3.35. The van der Waals surface area contributed by atoms with E-state index in [0.29, 0.717) is 12.2 Å². The minimum atomic E-state index is -0.604. The molecule has 1 aromatic carbocycles. The molecule has 0 aliphatic rings. The van der Waals surface area contributed by atoms with Crippen molar-refractivity contribution in [3.8, 4) is 11.5 Å². The van der Waals surface area contributed by atoms with Gasteiger partial charge in [-0.2, -0.15) is 0 Å². The summed E-state index contributed by atoms with van der Waals surface area (Å²) in [6.45, 7) is 2.27. The maximum Gasteiger partial charge on any atom is 0.283 e. The van der Waals surface area contributed by atoms with Crippen LogP contribution in [0.2, 0.25) is 0 Å². The van der Waals surface area contributed by atoms with Crippen molar-refractivity contribution in [3.63, 3.8) is 0 Å². The quantitative estimate of drug-likeness (QED) is 0.758. The molecular weight excluding hydrogens is 306 g/mol. The first-order chi connectivity index (χ1) is 11.6. The summed E-state index contributed by atoms with van der Waals surface area (Å²) >= 11 is 0. The summed E-state index contributed by atoms with van der Waals surface area (Å²) in [5, 5.41) is 10.3. The van der Waals surface area contributed by atoms with E-state index in [9.17, 15) is 9.59 Å². The Hall–Kier alpha value is -3.35. The first-order valence-corrected chi connectivity index (χ1v) is 7.36. The summed E-state index contributed by atoms with van der Waals surface area (Å²) < 4.78 is 0. The lowest BCUT2D eigenvalue weighted by molar-refractivity contribution is 0.0943. The van der Waals surface area contributed by atoms with Crippen LogP contribution in [0.15, 0.2) is 53.5 Å². The van der Waals surface area contributed by atoms with Gasteiger partial charge >= 0.3 is 0 Å². The number of H-pyrrole nitrogens is 1. The van der Waals surface area contributed by atoms with Crippen LogP contribution in [0.25, 0.3) is 11.5 Å². The normalized spacial score (nSPS) is 10.4. The van der Waals surface area contributed by atoms with Crippen LogP contribution in [-0.2, 0) is 6.54 Å². The molecule has 0 radical (unpaired) electrons. The number of aryl methyl sites for hydroxylation is 1. The molecule has 0 spiro atoms. The molecule has 2 heterocycles. The third-order valence-corrected chi connectivity index (χ3v) is 3.52. The molecule has 7 heteroatoms. The van der Waals surface area contributed by atoms with E-state index in [1.165, 1.54) is 0 Å². The SMILES string of the molecule is Cc1ccccc1CNC(=O)c1nnc(-c2ccccn2)[nH]c1=O. The van der Waals surface area contributed by atoms with E-state index in [1.54, 1.807) is 24.4 Å². The number of carbonyl (C=O) groups is 1. The van der Waals surface area contributed by atoms with Gasteiger partial charge in [0.1, 0.15) is 5.69 Å². The lowest BCUT2D eigenvalue weighted by Gasteiger charge is -2.07. The van der Waals surface area contributed by atoms with Crippen molar-refractivity contribution in [2.45, 2.75) is 13.5 Å². The molecule has 2 aromatic heterocycles. The monoisotopic (exact) mass is 321 g/mol. The average Bonchev–Trinajstić information content (AvgIpc) is 2.61. The van der Waals surface area contributed by atoms with Crippen molar-refractivity contribution < 1.29 is 4.79 Å². The maximum absolute atomic E-state index is 12.1. The second-order valence-electron chi connectivity index (χ2n) is 5.18. The minimum Gasteiger partial charge on any atom is -0.346 e. The van der Waals surface area contributed by atoms with Crippen LogP contribution in [0.4, 0.5) is 0 Å². The number of aromatic amines is 1. The molecule has 3 aromatic rings. The molecule has 120 valence electrons. The number of amides is 1. The largest absolute Gasteiger partial charge is 0.346 e. The molecule has 0 saturated carbocycles. The Bertz CT molecular complexity index is 922. The Balaban J connectivity index is 1.76. The number of pyridine rings is 1. The number of nitrogens with zero attached hydrogens (tertiary/aromatic N) is 3. The van der Waals surface area contributed by atoms with Crippen LogP contribution in [0.3, 0.4) is 0 Å². The molecule has 7 nitrogen and oxygen atoms in total. The number of hydrogen-bond acceptors (Lipinski definition) is 5. The molecule has 2 N–H and O–H groups in total. The number of rotatable bonds is 4. The molecule has 0 fully saturated rings. The Labute approximate surface area is 137 Å². The van der Waals surface area contributed by atoms with Crippen LogP contribution >= 0.6 is 0 Å². The first kappa shape index (κ1) is 15.5. The number of aromatic nitrogens is 4. The van der Waals surface area contributed by atoms with Gasteiger partial charge in [0.05, 0.1) is 0 Å². The van der Waals surface area contributed by atoms with E-state index in [-0.39, 0.29) is 11.5 Å². The van der Waals surface area contributed by atoms with Crippen LogP contribution < -0.4 is 10.9 Å². The lowest BCUT2D eigenvalue weighted by Crippen LogP contribution is -2.31. The molecule has 3 rings (SSSR count). The Morgan fingerprint density at radius 2 is 1.92 bits per heavy atom. The molecule has 1 amide bonds. The van der Waals surface area contributed by atoms with Gasteiger partial charge in [0.25, 0.3) is 11.5 Å². The highest BCUT2D eigenvalue weighted by Gasteiger charge is 2.15. The minimum absolute atomic E-state index is 0.219. The maximum atomic E-state index is 12.1. The fourth-order valence-electron chi connectivity index (χ4n) is 2.17. The molecule has 0 aliphatic carbocycles. The highest BCUT2D eigenvalue weighted by atomic mass is 16.2. The number of benzene rings is 1. The Kier molecular flexibility index (Phi) is 4.42. The lowest BCUT2D eigenvalue weighted by atomic mass is 10.1. The second kappa shape index (κ2) is 6.82. The van der Waals surface area contributed by atoms with Crippen molar-refractivity contribution in [1.29, 1.82) is 0 Å². The molecule has 0 atom stereocenters. The first-order valence-electron chi connectivity index (χ1n) is 7.36. The number of carbonyl (C=O) groups excluding carboxylic acids is 1. The van der Waals surface area contributed by atoms with Crippen LogP contribution in [-0.4, -0.2) is 26.1 Å². The zero-order chi connectivity index (χ0) is 16.9. The van der Waals surface area contributed by atoms with Crippen molar-refractivity contribution in [3.05, 3.63) is 75.8 Å². The summed E-state index contributed by atoms with van der Waals surface area (Å²) in [7, 11) is 0. The summed E-state index contributed by atoms with van der Waals surface area (Å²) in [5.41, 5.74) is 1.63. The van der Waals surface area contributed by atoms with Gasteiger partial charge in [-0.1, -0.05) is 30.3 Å². The number of nitrogens with one attached hydrogen (secondary N) is 2. The predicted octanol–water partition coefficient (Wildman–Crippen LogP) is 1.47. The summed E-state index contributed by atoms with van der Waals surface area (Å²) in [4.78, 5) is 30.8. The Morgan fingerprint density at radius 1 is 1.12 bits per heavy atom. The average molecular weight is 321 g/mol. The molecule has 0 saturated heterocycles. The van der Waals surface area contributed by atoms with Crippen LogP contribution in [0.1, 0.15) is 21.6 Å². The highest BCUT2D eigenvalue weighted by Crippen LogP contribution is 2.08. The van der Waals surface area contributed by atoms with E-state index in [4.69, 9.17) is 0 Å². The van der Waals surface area contributed by atoms with Crippen molar-refractivity contribution in [2.24, 2.45) is 0 Å². The smallest absolute Gasteiger partial charge is 0.283 e. The van der Waals surface area contributed by atoms with Gasteiger partial charge in [0.2, 0.25) is 5.69 Å². The molecular formula is C17H15N5O2. The molecule has 0 bridgehead atoms. The van der Waals surface area contributed by atoms with Gasteiger partial charge in [0.15, 0.2) is 5.82 Å². The van der Waals surface area contributed by atoms with Crippen LogP contribution in [0.5, 0.6) is 0 Å². The highest BCUT2D eigenvalue weighted by molar-refractivity contribution is 5.91. The van der Waals surface area contributed by atoms with Crippen molar-refractivity contribution in [2.75, 3.05) is 0 Å². The summed E-state index contributed by atoms with van der Waals surface area (Å²) in [5.74, 6) is -0.351. The van der Waals surface area contributed by atoms with Gasteiger partial charge < -0.3 is 10.3 Å². The van der Waals surface area contributed by atoms with Gasteiger partial charge in [-0.05, 0) is 30.2 Å². The van der Waals surface area contributed by atoms with E-state index >= 15 is 0 Å². The topological polar surface area (TPSA) is 101 Å². The van der Waals surface area contributed by atoms with Crippen molar-refractivity contribution >= 4 is 5.91 Å². The van der Waals surface area contributed by atoms with Gasteiger partial charge in [-0.3, -0.25) is 14.6 Å². The fourth-order valence-corrected chi connectivity index (χ4v) is 2.17. The zero-order valence-electron chi connectivity index (χ0n) is 13.0. The third-order valence-electron chi connectivity index (χ3n) is 3.52. The molecule has 0 aliphatic heterocycles. The molecule has 24 heavy (non-hydrogen) atoms. The van der Waals surface area contributed by atoms with Gasteiger partial charge in [-0.15, -0.1) is 10.2 Å². The van der Waals surface area contributed by atoms with Crippen molar-refractivity contribution in [1.82, 2.24) is 25.5 Å². The standard InChI is InChI=1S/C17H15N5O2/c1-11-6-2-3-7-12(11)10-19-16(23)14-17(24)20-15(22-21-14)13-8-4-5-9-18-13/h2-9H,10H2,1H3,(H,19,23)(H,20,22,24). The summed E-state index contributed by atoms with van der Waals surface area (Å²) in [6.07, 6.45) is 1.58. The fraction of sp³-hybridized carbons (Fsp3) is 0.118. The van der Waals surface area contributed by atoms with E-state index in [1.807, 2.05) is 31.2 Å². The number of hydrogen-bond donors (Lipinski definition) is 2. The predicted molar refractivity (Wildman–Crippen MR) is 88.2 cm³/mol. The van der Waals surface area contributed by atoms with Gasteiger partial charge in [-0.25, -0.2) is 0 Å². The summed E-state index contributed by atoms with van der Waals surface area (Å²) in [6, 6.07) is 12.9. The van der Waals surface area contributed by atoms with E-state index in [2.05, 4.69) is 25.5 Å². The Morgan fingerprint density at radius 3 is 2.62 bits per heavy atom. The van der Waals surface area contributed by atoms with E-state index < -0.39 is 11.5 Å². The zero-order valence-corrected chi connectivity index (χ0v) is 13.0. The van der Waals surface area contributed by atoms with E-state index in [0.717, 1.165) is 11.1 Å². The van der Waals surface area contributed by atoms with Gasteiger partial charge in [0, 0.05) is 12.7 Å². The van der Waals surface area contributed by atoms with Crippen LogP contribution in [0, 0.1) is 6.92 Å². The second-order valence-corrected chi connectivity index (χ2v) is 5.18. The molecule has 0 unspecified atom stereocenters.